The summed E-state index contributed by atoms with van der Waals surface area (Å²) in [5.74, 6) is -0.684. The summed E-state index contributed by atoms with van der Waals surface area (Å²) in [5.41, 5.74) is 3.98. The summed E-state index contributed by atoms with van der Waals surface area (Å²) in [6.07, 6.45) is 1.48. The Morgan fingerprint density at radius 1 is 1.00 bits per heavy atom. The van der Waals surface area contributed by atoms with Crippen molar-refractivity contribution in [1.82, 2.24) is 5.43 Å². The molecule has 100 valence electrons. The quantitative estimate of drug-likeness (QED) is 0.686. The van der Waals surface area contributed by atoms with Gasteiger partial charge in [0.15, 0.2) is 6.04 Å². The third-order valence-electron chi connectivity index (χ3n) is 2.62. The van der Waals surface area contributed by atoms with Gasteiger partial charge in [-0.3, -0.25) is 5.43 Å². The minimum absolute atomic E-state index is 0.323. The molecule has 0 aliphatic rings. The van der Waals surface area contributed by atoms with Gasteiger partial charge in [0.05, 0.1) is 12.3 Å². The molecule has 2 rings (SSSR count). The molecule has 0 saturated heterocycles. The van der Waals surface area contributed by atoms with Crippen molar-refractivity contribution in [3.05, 3.63) is 71.3 Å². The first-order valence-corrected chi connectivity index (χ1v) is 5.88. The first-order valence-electron chi connectivity index (χ1n) is 5.88. The minimum atomic E-state index is -0.674. The van der Waals surface area contributed by atoms with Crippen LogP contribution in [0.3, 0.4) is 0 Å². The van der Waals surface area contributed by atoms with Crippen molar-refractivity contribution in [2.24, 2.45) is 5.10 Å². The van der Waals surface area contributed by atoms with E-state index < -0.39 is 6.04 Å². The van der Waals surface area contributed by atoms with Gasteiger partial charge in [0.1, 0.15) is 11.6 Å². The van der Waals surface area contributed by atoms with Gasteiger partial charge in [-0.25, -0.2) is 8.78 Å². The number of halogens is 2. The number of rotatable bonds is 4. The van der Waals surface area contributed by atoms with Crippen molar-refractivity contribution < 1.29 is 8.78 Å². The summed E-state index contributed by atoms with van der Waals surface area (Å²) in [4.78, 5) is 0. The Bertz CT molecular complexity index is 628. The molecule has 2 aromatic rings. The van der Waals surface area contributed by atoms with Crippen LogP contribution < -0.4 is 5.43 Å². The average Bonchev–Trinajstić information content (AvgIpc) is 2.47. The second-order valence-corrected chi connectivity index (χ2v) is 4.05. The van der Waals surface area contributed by atoms with Crippen LogP contribution in [0.5, 0.6) is 0 Å². The molecule has 1 atom stereocenters. The molecule has 2 aromatic carbocycles. The van der Waals surface area contributed by atoms with E-state index in [2.05, 4.69) is 10.5 Å². The van der Waals surface area contributed by atoms with Crippen molar-refractivity contribution in [2.45, 2.75) is 6.04 Å². The molecule has 5 heteroatoms. The Morgan fingerprint density at radius 2 is 1.55 bits per heavy atom. The molecule has 20 heavy (non-hydrogen) atoms. The number of hydrogen-bond donors (Lipinski definition) is 1. The van der Waals surface area contributed by atoms with Crippen LogP contribution >= 0.6 is 0 Å². The number of nitrogens with zero attached hydrogens (tertiary/aromatic N) is 2. The predicted octanol–water partition coefficient (Wildman–Crippen LogP) is 3.15. The third kappa shape index (κ3) is 3.62. The van der Waals surface area contributed by atoms with Gasteiger partial charge in [0, 0.05) is 0 Å². The van der Waals surface area contributed by atoms with Crippen LogP contribution in [-0.4, -0.2) is 6.21 Å². The van der Waals surface area contributed by atoms with E-state index in [1.54, 1.807) is 12.1 Å². The maximum Gasteiger partial charge on any atom is 0.155 e. The summed E-state index contributed by atoms with van der Waals surface area (Å²) in [7, 11) is 0. The molecule has 0 radical (unpaired) electrons. The summed E-state index contributed by atoms with van der Waals surface area (Å²) in [5, 5.41) is 13.0. The van der Waals surface area contributed by atoms with Gasteiger partial charge >= 0.3 is 0 Å². The predicted molar refractivity (Wildman–Crippen MR) is 71.9 cm³/mol. The second-order valence-electron chi connectivity index (χ2n) is 4.05. The van der Waals surface area contributed by atoms with Crippen LogP contribution in [0.25, 0.3) is 0 Å². The average molecular weight is 271 g/mol. The van der Waals surface area contributed by atoms with E-state index >= 15 is 0 Å². The van der Waals surface area contributed by atoms with E-state index in [1.807, 2.05) is 6.07 Å². The van der Waals surface area contributed by atoms with Gasteiger partial charge in [0.25, 0.3) is 0 Å². The minimum Gasteiger partial charge on any atom is -0.288 e. The van der Waals surface area contributed by atoms with E-state index in [1.165, 1.54) is 42.6 Å². The first-order chi connectivity index (χ1) is 9.69. The lowest BCUT2D eigenvalue weighted by Gasteiger charge is -2.08. The molecule has 3 nitrogen and oxygen atoms in total. The molecule has 0 bridgehead atoms. The number of nitriles is 1. The van der Waals surface area contributed by atoms with Crippen molar-refractivity contribution >= 4 is 6.21 Å². The molecule has 0 aromatic heterocycles. The summed E-state index contributed by atoms with van der Waals surface area (Å²) < 4.78 is 25.5. The fourth-order valence-electron chi connectivity index (χ4n) is 1.57. The molecule has 0 aliphatic carbocycles. The standard InChI is InChI=1S/C15H11F2N3/c16-13-5-1-11(2-6-13)10-19-20-15(9-18)12-3-7-14(17)8-4-12/h1-8,10,15,20H/b19-10+. The van der Waals surface area contributed by atoms with Gasteiger partial charge in [-0.05, 0) is 35.4 Å². The van der Waals surface area contributed by atoms with Crippen molar-refractivity contribution in [3.63, 3.8) is 0 Å². The maximum absolute atomic E-state index is 12.8. The van der Waals surface area contributed by atoms with E-state index in [4.69, 9.17) is 5.26 Å². The molecule has 0 saturated carbocycles. The van der Waals surface area contributed by atoms with Crippen LogP contribution in [0, 0.1) is 23.0 Å². The molecular formula is C15H11F2N3. The number of benzene rings is 2. The highest BCUT2D eigenvalue weighted by Gasteiger charge is 2.08. The maximum atomic E-state index is 12.8. The van der Waals surface area contributed by atoms with Gasteiger partial charge in [-0.15, -0.1) is 0 Å². The van der Waals surface area contributed by atoms with Gasteiger partial charge < -0.3 is 0 Å². The summed E-state index contributed by atoms with van der Waals surface area (Å²) in [6.45, 7) is 0. The zero-order valence-corrected chi connectivity index (χ0v) is 10.4. The summed E-state index contributed by atoms with van der Waals surface area (Å²) in [6, 6.07) is 12.7. The molecule has 0 heterocycles. The number of hydrogen-bond acceptors (Lipinski definition) is 3. The Morgan fingerprint density at radius 3 is 2.10 bits per heavy atom. The normalized spacial score (nSPS) is 12.1. The SMILES string of the molecule is N#CC(N/N=C/c1ccc(F)cc1)c1ccc(F)cc1. The smallest absolute Gasteiger partial charge is 0.155 e. The second kappa shape index (κ2) is 6.43. The fourth-order valence-corrected chi connectivity index (χ4v) is 1.57. The Labute approximate surface area is 115 Å². The van der Waals surface area contributed by atoms with E-state index in [0.29, 0.717) is 11.1 Å². The van der Waals surface area contributed by atoms with Gasteiger partial charge in [-0.1, -0.05) is 24.3 Å². The lowest BCUT2D eigenvalue weighted by atomic mass is 10.1. The number of nitrogens with one attached hydrogen (secondary N) is 1. The largest absolute Gasteiger partial charge is 0.288 e. The Kier molecular flexibility index (Phi) is 4.40. The third-order valence-corrected chi connectivity index (χ3v) is 2.62. The zero-order valence-electron chi connectivity index (χ0n) is 10.4. The van der Waals surface area contributed by atoms with Crippen LogP contribution in [0.1, 0.15) is 17.2 Å². The van der Waals surface area contributed by atoms with Gasteiger partial charge in [-0.2, -0.15) is 10.4 Å². The zero-order chi connectivity index (χ0) is 14.4. The van der Waals surface area contributed by atoms with E-state index in [-0.39, 0.29) is 11.6 Å². The Balaban J connectivity index is 2.02. The van der Waals surface area contributed by atoms with Crippen molar-refractivity contribution in [3.8, 4) is 6.07 Å². The lowest BCUT2D eigenvalue weighted by Crippen LogP contribution is -2.14. The molecule has 0 aliphatic heterocycles. The van der Waals surface area contributed by atoms with Crippen LogP contribution in [0.2, 0.25) is 0 Å². The first kappa shape index (κ1) is 13.7. The molecule has 1 N–H and O–H groups in total. The van der Waals surface area contributed by atoms with Crippen LogP contribution in [0.4, 0.5) is 8.78 Å². The lowest BCUT2D eigenvalue weighted by molar-refractivity contribution is 0.622. The van der Waals surface area contributed by atoms with Crippen LogP contribution in [0.15, 0.2) is 53.6 Å². The van der Waals surface area contributed by atoms with E-state index in [0.717, 1.165) is 0 Å². The molecule has 0 amide bonds. The highest BCUT2D eigenvalue weighted by molar-refractivity contribution is 5.79. The molecular weight excluding hydrogens is 260 g/mol. The summed E-state index contributed by atoms with van der Waals surface area (Å²) >= 11 is 0. The van der Waals surface area contributed by atoms with Crippen molar-refractivity contribution in [2.75, 3.05) is 0 Å². The molecule has 1 unspecified atom stereocenters. The fraction of sp³-hybridized carbons (Fsp3) is 0.0667. The molecule has 0 fully saturated rings. The highest BCUT2D eigenvalue weighted by Crippen LogP contribution is 2.12. The highest BCUT2D eigenvalue weighted by atomic mass is 19.1. The Hall–Kier alpha value is -2.74. The number of hydrazone groups is 1. The van der Waals surface area contributed by atoms with Gasteiger partial charge in [0.2, 0.25) is 0 Å². The molecule has 0 spiro atoms. The monoisotopic (exact) mass is 271 g/mol. The topological polar surface area (TPSA) is 48.2 Å². The van der Waals surface area contributed by atoms with Crippen molar-refractivity contribution in [1.29, 1.82) is 5.26 Å². The van der Waals surface area contributed by atoms with E-state index in [9.17, 15) is 8.78 Å². The van der Waals surface area contributed by atoms with Crippen LogP contribution in [-0.2, 0) is 0 Å².